The van der Waals surface area contributed by atoms with Gasteiger partial charge in [-0.2, -0.15) is 0 Å². The molecule has 1 aromatic heterocycles. The predicted octanol–water partition coefficient (Wildman–Crippen LogP) is 2.59. The van der Waals surface area contributed by atoms with E-state index in [0.717, 1.165) is 5.56 Å². The molecule has 0 bridgehead atoms. The molecular formula is C22H21N3O6S. The van der Waals surface area contributed by atoms with E-state index in [-0.39, 0.29) is 22.7 Å². The molecule has 2 heterocycles. The average Bonchev–Trinajstić information content (AvgIpc) is 2.82. The summed E-state index contributed by atoms with van der Waals surface area (Å²) in [5.41, 5.74) is 1.14. The van der Waals surface area contributed by atoms with Crippen molar-refractivity contribution in [3.63, 3.8) is 0 Å². The van der Waals surface area contributed by atoms with Crippen LogP contribution in [0.5, 0.6) is 17.4 Å². The van der Waals surface area contributed by atoms with E-state index >= 15 is 0 Å². The molecule has 0 radical (unpaired) electrons. The van der Waals surface area contributed by atoms with Crippen molar-refractivity contribution < 1.29 is 27.4 Å². The van der Waals surface area contributed by atoms with Gasteiger partial charge in [-0.05, 0) is 35.9 Å². The van der Waals surface area contributed by atoms with Crippen LogP contribution in [-0.4, -0.2) is 39.6 Å². The van der Waals surface area contributed by atoms with Crippen LogP contribution >= 0.6 is 0 Å². The lowest BCUT2D eigenvalue weighted by Gasteiger charge is -2.19. The number of aromatic nitrogens is 1. The van der Waals surface area contributed by atoms with Gasteiger partial charge in [0.2, 0.25) is 5.88 Å². The number of fused-ring (bicyclic) bond motifs is 1. The number of methoxy groups -OCH3 is 1. The van der Waals surface area contributed by atoms with Gasteiger partial charge in [-0.15, -0.1) is 0 Å². The fraction of sp³-hybridized carbons (Fsp3) is 0.182. The molecule has 2 aromatic carbocycles. The Morgan fingerprint density at radius 2 is 1.84 bits per heavy atom. The summed E-state index contributed by atoms with van der Waals surface area (Å²) >= 11 is 0. The number of amides is 1. The van der Waals surface area contributed by atoms with Crippen molar-refractivity contribution in [2.45, 2.75) is 11.4 Å². The Hall–Kier alpha value is -3.79. The van der Waals surface area contributed by atoms with Crippen LogP contribution in [0.3, 0.4) is 0 Å². The second-order valence-corrected chi connectivity index (χ2v) is 8.53. The van der Waals surface area contributed by atoms with E-state index in [1.165, 1.54) is 25.3 Å². The minimum atomic E-state index is -3.97. The number of benzene rings is 2. The number of pyridine rings is 1. The number of hydrogen-bond acceptors (Lipinski definition) is 7. The molecule has 2 N–H and O–H groups in total. The van der Waals surface area contributed by atoms with Crippen molar-refractivity contribution >= 4 is 21.6 Å². The van der Waals surface area contributed by atoms with Crippen LogP contribution in [0.4, 0.5) is 5.69 Å². The zero-order chi connectivity index (χ0) is 22.6. The number of para-hydroxylation sites is 1. The number of rotatable bonds is 7. The Balaban J connectivity index is 1.52. The summed E-state index contributed by atoms with van der Waals surface area (Å²) in [7, 11) is -2.46. The zero-order valence-corrected chi connectivity index (χ0v) is 18.0. The smallest absolute Gasteiger partial charge is 0.262 e. The largest absolute Gasteiger partial charge is 0.486 e. The third-order valence-electron chi connectivity index (χ3n) is 4.70. The van der Waals surface area contributed by atoms with Crippen molar-refractivity contribution in [1.82, 2.24) is 10.3 Å². The summed E-state index contributed by atoms with van der Waals surface area (Å²) in [6, 6.07) is 14.2. The van der Waals surface area contributed by atoms with Crippen molar-refractivity contribution in [3.8, 4) is 17.4 Å². The maximum absolute atomic E-state index is 13.0. The van der Waals surface area contributed by atoms with Crippen LogP contribution in [0.1, 0.15) is 15.9 Å². The molecule has 0 fully saturated rings. The maximum Gasteiger partial charge on any atom is 0.262 e. The lowest BCUT2D eigenvalue weighted by atomic mass is 10.1. The Morgan fingerprint density at radius 1 is 1.06 bits per heavy atom. The number of anilines is 1. The third-order valence-corrected chi connectivity index (χ3v) is 6.06. The first kappa shape index (κ1) is 21.4. The van der Waals surface area contributed by atoms with Gasteiger partial charge in [0.1, 0.15) is 13.2 Å². The molecular weight excluding hydrogens is 434 g/mol. The number of carbonyl (C=O) groups is 1. The maximum atomic E-state index is 13.0. The van der Waals surface area contributed by atoms with Gasteiger partial charge in [0.25, 0.3) is 15.9 Å². The van der Waals surface area contributed by atoms with E-state index in [1.54, 1.807) is 42.6 Å². The van der Waals surface area contributed by atoms with Gasteiger partial charge in [-0.25, -0.2) is 13.4 Å². The summed E-state index contributed by atoms with van der Waals surface area (Å²) in [4.78, 5) is 16.8. The summed E-state index contributed by atoms with van der Waals surface area (Å²) in [5, 5.41) is 2.78. The Morgan fingerprint density at radius 3 is 2.66 bits per heavy atom. The number of ether oxygens (including phenoxy) is 3. The van der Waals surface area contributed by atoms with Crippen molar-refractivity contribution in [1.29, 1.82) is 0 Å². The number of carbonyl (C=O) groups excluding carboxylic acids is 1. The number of hydrogen-bond donors (Lipinski definition) is 2. The van der Waals surface area contributed by atoms with E-state index in [9.17, 15) is 13.2 Å². The molecule has 0 saturated heterocycles. The first-order chi connectivity index (χ1) is 15.5. The van der Waals surface area contributed by atoms with E-state index in [0.29, 0.717) is 30.6 Å². The number of sulfonamides is 1. The van der Waals surface area contributed by atoms with E-state index < -0.39 is 15.9 Å². The Kier molecular flexibility index (Phi) is 6.13. The fourth-order valence-electron chi connectivity index (χ4n) is 3.11. The van der Waals surface area contributed by atoms with Gasteiger partial charge in [-0.1, -0.05) is 12.1 Å². The molecule has 0 saturated carbocycles. The van der Waals surface area contributed by atoms with Crippen LogP contribution in [0, 0.1) is 0 Å². The standard InChI is InChI=1S/C22H21N3O6S/c1-29-21-12-15(8-9-23-21)14-24-22(26)17-4-2-3-5-18(17)25-32(27,28)16-6-7-19-20(13-16)31-11-10-30-19/h2-9,12-13,25H,10-11,14H2,1H3,(H,24,26). The molecule has 1 aliphatic heterocycles. The predicted molar refractivity (Wildman–Crippen MR) is 117 cm³/mol. The van der Waals surface area contributed by atoms with Crippen LogP contribution in [-0.2, 0) is 16.6 Å². The molecule has 166 valence electrons. The van der Waals surface area contributed by atoms with Crippen LogP contribution in [0.15, 0.2) is 65.7 Å². The quantitative estimate of drug-likeness (QED) is 0.563. The third kappa shape index (κ3) is 4.75. The zero-order valence-electron chi connectivity index (χ0n) is 17.2. The first-order valence-corrected chi connectivity index (χ1v) is 11.2. The summed E-state index contributed by atoms with van der Waals surface area (Å²) in [6.07, 6.45) is 1.58. The summed E-state index contributed by atoms with van der Waals surface area (Å²) in [6.45, 7) is 0.976. The topological polar surface area (TPSA) is 116 Å². The molecule has 9 nitrogen and oxygen atoms in total. The number of nitrogens with one attached hydrogen (secondary N) is 2. The van der Waals surface area contributed by atoms with Crippen LogP contribution in [0.2, 0.25) is 0 Å². The molecule has 4 rings (SSSR count). The van der Waals surface area contributed by atoms with Crippen LogP contribution in [0.25, 0.3) is 0 Å². The normalized spacial score (nSPS) is 12.7. The molecule has 0 spiro atoms. The highest BCUT2D eigenvalue weighted by atomic mass is 32.2. The molecule has 0 aliphatic carbocycles. The Bertz CT molecular complexity index is 1250. The monoisotopic (exact) mass is 455 g/mol. The second-order valence-electron chi connectivity index (χ2n) is 6.85. The molecule has 10 heteroatoms. The summed E-state index contributed by atoms with van der Waals surface area (Å²) < 4.78 is 44.4. The molecule has 0 atom stereocenters. The summed E-state index contributed by atoms with van der Waals surface area (Å²) in [5.74, 6) is 0.853. The van der Waals surface area contributed by atoms with Crippen molar-refractivity contribution in [3.05, 3.63) is 71.9 Å². The molecule has 1 aliphatic rings. The molecule has 3 aromatic rings. The highest BCUT2D eigenvalue weighted by molar-refractivity contribution is 7.92. The van der Waals surface area contributed by atoms with Gasteiger partial charge in [-0.3, -0.25) is 9.52 Å². The minimum Gasteiger partial charge on any atom is -0.486 e. The molecule has 1 amide bonds. The lowest BCUT2D eigenvalue weighted by Crippen LogP contribution is -2.25. The first-order valence-electron chi connectivity index (χ1n) is 9.75. The van der Waals surface area contributed by atoms with E-state index in [1.807, 2.05) is 0 Å². The van der Waals surface area contributed by atoms with Gasteiger partial charge in [0, 0.05) is 24.9 Å². The average molecular weight is 455 g/mol. The minimum absolute atomic E-state index is 0.000779. The van der Waals surface area contributed by atoms with Gasteiger partial charge < -0.3 is 19.5 Å². The molecule has 0 unspecified atom stereocenters. The van der Waals surface area contributed by atoms with Crippen molar-refractivity contribution in [2.24, 2.45) is 0 Å². The van der Waals surface area contributed by atoms with E-state index in [4.69, 9.17) is 14.2 Å². The van der Waals surface area contributed by atoms with Crippen molar-refractivity contribution in [2.75, 3.05) is 25.0 Å². The highest BCUT2D eigenvalue weighted by Gasteiger charge is 2.21. The SMILES string of the molecule is COc1cc(CNC(=O)c2ccccc2NS(=O)(=O)c2ccc3c(c2)OCCO3)ccn1. The van der Waals surface area contributed by atoms with Gasteiger partial charge in [0.05, 0.1) is 23.3 Å². The molecule has 32 heavy (non-hydrogen) atoms. The van der Waals surface area contributed by atoms with E-state index in [2.05, 4.69) is 15.0 Å². The fourth-order valence-corrected chi connectivity index (χ4v) is 4.21. The van der Waals surface area contributed by atoms with Crippen LogP contribution < -0.4 is 24.2 Å². The second kappa shape index (κ2) is 9.15. The number of nitrogens with zero attached hydrogens (tertiary/aromatic N) is 1. The lowest BCUT2D eigenvalue weighted by molar-refractivity contribution is 0.0951. The highest BCUT2D eigenvalue weighted by Crippen LogP contribution is 2.33. The van der Waals surface area contributed by atoms with Gasteiger partial charge >= 0.3 is 0 Å². The van der Waals surface area contributed by atoms with Gasteiger partial charge in [0.15, 0.2) is 11.5 Å². The Labute approximate surface area is 185 Å².